The Labute approximate surface area is 150 Å². The molecule has 2 fully saturated rings. The number of fused-ring (bicyclic) bond motifs is 3. The van der Waals surface area contributed by atoms with Crippen LogP contribution >= 0.6 is 0 Å². The molecule has 0 radical (unpaired) electrons. The van der Waals surface area contributed by atoms with Gasteiger partial charge in [0.05, 0.1) is 48.8 Å². The SMILES string of the molecule is O=C(c1cnc2c(-c3cnco3)cc(C(F)(F)F)cn12)N1C2COCC1C2. The second kappa shape index (κ2) is 5.56. The molecule has 7 nitrogen and oxygen atoms in total. The lowest BCUT2D eigenvalue weighted by atomic mass is 9.91. The van der Waals surface area contributed by atoms with E-state index >= 15 is 0 Å². The van der Waals surface area contributed by atoms with Gasteiger partial charge < -0.3 is 14.1 Å². The summed E-state index contributed by atoms with van der Waals surface area (Å²) in [6.45, 7) is 0.881. The second-order valence-corrected chi connectivity index (χ2v) is 6.64. The molecule has 2 bridgehead atoms. The molecule has 0 aromatic carbocycles. The molecule has 2 unspecified atom stereocenters. The van der Waals surface area contributed by atoms with Gasteiger partial charge in [0.15, 0.2) is 12.2 Å². The van der Waals surface area contributed by atoms with Gasteiger partial charge in [-0.25, -0.2) is 9.97 Å². The van der Waals surface area contributed by atoms with Crippen LogP contribution in [0.3, 0.4) is 0 Å². The van der Waals surface area contributed by atoms with Crippen molar-refractivity contribution in [2.75, 3.05) is 13.2 Å². The van der Waals surface area contributed by atoms with Gasteiger partial charge >= 0.3 is 6.18 Å². The Morgan fingerprint density at radius 1 is 1.22 bits per heavy atom. The van der Waals surface area contributed by atoms with Gasteiger partial charge in [-0.05, 0) is 12.5 Å². The molecule has 2 atom stereocenters. The zero-order valence-electron chi connectivity index (χ0n) is 13.8. The van der Waals surface area contributed by atoms with Crippen LogP contribution in [0.15, 0.2) is 35.5 Å². The Hall–Kier alpha value is -2.88. The van der Waals surface area contributed by atoms with Gasteiger partial charge in [-0.3, -0.25) is 9.20 Å². The highest BCUT2D eigenvalue weighted by atomic mass is 19.4. The van der Waals surface area contributed by atoms with Crippen LogP contribution < -0.4 is 0 Å². The summed E-state index contributed by atoms with van der Waals surface area (Å²) in [5.41, 5.74) is -0.507. The lowest BCUT2D eigenvalue weighted by Gasteiger charge is -2.52. The minimum Gasteiger partial charge on any atom is -0.443 e. The molecular formula is C17H13F3N4O3. The minimum absolute atomic E-state index is 0.0404. The number of ether oxygens (including phenoxy) is 1. The quantitative estimate of drug-likeness (QED) is 0.686. The van der Waals surface area contributed by atoms with Crippen LogP contribution in [0.25, 0.3) is 17.0 Å². The first kappa shape index (κ1) is 16.3. The van der Waals surface area contributed by atoms with Crippen LogP contribution in [0.5, 0.6) is 0 Å². The van der Waals surface area contributed by atoms with Crippen molar-refractivity contribution >= 4 is 11.6 Å². The number of nitrogens with zero attached hydrogens (tertiary/aromatic N) is 4. The van der Waals surface area contributed by atoms with Crippen molar-refractivity contribution in [2.45, 2.75) is 24.7 Å². The lowest BCUT2D eigenvalue weighted by molar-refractivity contribution is -0.137. The van der Waals surface area contributed by atoms with Crippen molar-refractivity contribution in [2.24, 2.45) is 0 Å². The number of alkyl halides is 3. The van der Waals surface area contributed by atoms with E-state index in [1.807, 2.05) is 0 Å². The number of carbonyl (C=O) groups excluding carboxylic acids is 1. The second-order valence-electron chi connectivity index (χ2n) is 6.64. The van der Waals surface area contributed by atoms with Gasteiger partial charge in [-0.1, -0.05) is 0 Å². The Bertz CT molecular complexity index is 1010. The predicted molar refractivity (Wildman–Crippen MR) is 84.9 cm³/mol. The standard InChI is InChI=1S/C17H13F3N4O3/c18-17(19,20)9-1-12(14-4-21-8-27-14)15-22-3-13(23(15)5-9)16(25)24-10-2-11(24)7-26-6-10/h1,3-5,8,10-11H,2,6-7H2. The van der Waals surface area contributed by atoms with E-state index in [1.165, 1.54) is 16.8 Å². The van der Waals surface area contributed by atoms with E-state index < -0.39 is 11.7 Å². The van der Waals surface area contributed by atoms with E-state index in [0.29, 0.717) is 13.2 Å². The first-order valence-corrected chi connectivity index (χ1v) is 8.31. The van der Waals surface area contributed by atoms with Crippen molar-refractivity contribution in [1.82, 2.24) is 19.3 Å². The first-order valence-electron chi connectivity index (χ1n) is 8.31. The summed E-state index contributed by atoms with van der Waals surface area (Å²) >= 11 is 0. The molecule has 3 aromatic rings. The number of carbonyl (C=O) groups is 1. The number of aromatic nitrogens is 3. The van der Waals surface area contributed by atoms with E-state index in [0.717, 1.165) is 25.1 Å². The molecule has 2 saturated heterocycles. The molecule has 3 aromatic heterocycles. The third kappa shape index (κ3) is 2.43. The molecule has 0 saturated carbocycles. The molecule has 2 aliphatic heterocycles. The normalized spacial score (nSPS) is 22.1. The fourth-order valence-corrected chi connectivity index (χ4v) is 3.73. The van der Waals surface area contributed by atoms with E-state index in [1.54, 1.807) is 4.90 Å². The molecule has 5 rings (SSSR count). The first-order chi connectivity index (χ1) is 12.9. The summed E-state index contributed by atoms with van der Waals surface area (Å²) in [6, 6.07) is 0.867. The van der Waals surface area contributed by atoms with Gasteiger partial charge in [0.25, 0.3) is 5.91 Å². The average Bonchev–Trinajstić information content (AvgIpc) is 3.30. The van der Waals surface area contributed by atoms with Crippen LogP contribution in [0, 0.1) is 0 Å². The summed E-state index contributed by atoms with van der Waals surface area (Å²) in [7, 11) is 0. The van der Waals surface area contributed by atoms with E-state index in [-0.39, 0.29) is 40.7 Å². The molecule has 1 amide bonds. The summed E-state index contributed by atoms with van der Waals surface area (Å²) in [5.74, 6) is -0.209. The van der Waals surface area contributed by atoms with Crippen molar-refractivity contribution in [3.8, 4) is 11.3 Å². The number of hydrogen-bond donors (Lipinski definition) is 0. The smallest absolute Gasteiger partial charge is 0.417 e. The Morgan fingerprint density at radius 3 is 2.63 bits per heavy atom. The molecule has 10 heteroatoms. The van der Waals surface area contributed by atoms with Crippen molar-refractivity contribution in [3.63, 3.8) is 0 Å². The third-order valence-electron chi connectivity index (χ3n) is 5.04. The number of halogens is 3. The zero-order valence-corrected chi connectivity index (χ0v) is 13.8. The van der Waals surface area contributed by atoms with Crippen molar-refractivity contribution < 1.29 is 27.1 Å². The minimum atomic E-state index is -4.59. The molecule has 0 N–H and O–H groups in total. The summed E-state index contributed by atoms with van der Waals surface area (Å²) in [6.07, 6.45) is 0.882. The molecule has 5 heterocycles. The van der Waals surface area contributed by atoms with Crippen LogP contribution in [0.2, 0.25) is 0 Å². The van der Waals surface area contributed by atoms with E-state index in [9.17, 15) is 18.0 Å². The maximum Gasteiger partial charge on any atom is 0.417 e. The number of hydrogen-bond acceptors (Lipinski definition) is 5. The highest BCUT2D eigenvalue weighted by Crippen LogP contribution is 2.36. The van der Waals surface area contributed by atoms with Gasteiger partial charge in [-0.15, -0.1) is 0 Å². The molecule has 0 aliphatic carbocycles. The summed E-state index contributed by atoms with van der Waals surface area (Å²) in [4.78, 5) is 22.6. The molecular weight excluding hydrogens is 365 g/mol. The Balaban J connectivity index is 1.66. The number of amides is 1. The predicted octanol–water partition coefficient (Wildman–Crippen LogP) is 2.62. The number of oxazole rings is 1. The van der Waals surface area contributed by atoms with Gasteiger partial charge in [0.2, 0.25) is 0 Å². The summed E-state index contributed by atoms with van der Waals surface area (Å²) < 4.78 is 51.9. The van der Waals surface area contributed by atoms with Crippen LogP contribution in [-0.4, -0.2) is 50.5 Å². The van der Waals surface area contributed by atoms with Gasteiger partial charge in [0, 0.05) is 6.20 Å². The zero-order chi connectivity index (χ0) is 18.8. The number of rotatable bonds is 2. The number of pyridine rings is 1. The lowest BCUT2D eigenvalue weighted by Crippen LogP contribution is -2.65. The molecule has 27 heavy (non-hydrogen) atoms. The van der Waals surface area contributed by atoms with Crippen molar-refractivity contribution in [3.05, 3.63) is 42.3 Å². The fourth-order valence-electron chi connectivity index (χ4n) is 3.73. The largest absolute Gasteiger partial charge is 0.443 e. The topological polar surface area (TPSA) is 72.9 Å². The van der Waals surface area contributed by atoms with Crippen LogP contribution in [0.4, 0.5) is 13.2 Å². The molecule has 0 spiro atoms. The molecule has 2 aliphatic rings. The Morgan fingerprint density at radius 2 is 2.00 bits per heavy atom. The van der Waals surface area contributed by atoms with Gasteiger partial charge in [0.1, 0.15) is 11.3 Å². The van der Waals surface area contributed by atoms with Crippen molar-refractivity contribution in [1.29, 1.82) is 0 Å². The number of imidazole rings is 1. The van der Waals surface area contributed by atoms with E-state index in [2.05, 4.69) is 9.97 Å². The Kier molecular flexibility index (Phi) is 3.36. The summed E-state index contributed by atoms with van der Waals surface area (Å²) in [5, 5.41) is 0. The maximum atomic E-state index is 13.4. The average molecular weight is 378 g/mol. The highest BCUT2D eigenvalue weighted by molar-refractivity contribution is 5.95. The number of morpholine rings is 1. The van der Waals surface area contributed by atoms with Gasteiger partial charge in [-0.2, -0.15) is 13.2 Å². The fraction of sp³-hybridized carbons (Fsp3) is 0.353. The van der Waals surface area contributed by atoms with E-state index in [4.69, 9.17) is 9.15 Å². The maximum absolute atomic E-state index is 13.4. The monoisotopic (exact) mass is 378 g/mol. The molecule has 140 valence electrons. The third-order valence-corrected chi connectivity index (χ3v) is 5.04. The van der Waals surface area contributed by atoms with Crippen LogP contribution in [-0.2, 0) is 10.9 Å². The highest BCUT2D eigenvalue weighted by Gasteiger charge is 2.46. The van der Waals surface area contributed by atoms with Crippen LogP contribution in [0.1, 0.15) is 22.5 Å².